The van der Waals surface area contributed by atoms with Gasteiger partial charge in [0, 0.05) is 25.7 Å². The number of amides is 1. The van der Waals surface area contributed by atoms with Crippen LogP contribution in [-0.4, -0.2) is 59.3 Å². The summed E-state index contributed by atoms with van der Waals surface area (Å²) < 4.78 is 18.4. The molecule has 2 heterocycles. The summed E-state index contributed by atoms with van der Waals surface area (Å²) >= 11 is 1.36. The van der Waals surface area contributed by atoms with E-state index in [0.29, 0.717) is 17.2 Å². The Morgan fingerprint density at radius 2 is 2.11 bits per heavy atom. The Morgan fingerprint density at radius 3 is 2.74 bits per heavy atom. The number of piperidine rings is 1. The molecule has 0 spiro atoms. The molecule has 1 aromatic heterocycles. The lowest BCUT2D eigenvalue weighted by Gasteiger charge is -2.33. The Hall–Kier alpha value is -2.03. The molecule has 27 heavy (non-hydrogen) atoms. The van der Waals surface area contributed by atoms with Crippen LogP contribution in [0, 0.1) is 12.7 Å². The van der Waals surface area contributed by atoms with Gasteiger partial charge < -0.3 is 20.1 Å². The van der Waals surface area contributed by atoms with Gasteiger partial charge in [-0.25, -0.2) is 9.37 Å². The van der Waals surface area contributed by atoms with E-state index in [-0.39, 0.29) is 24.4 Å². The molecule has 1 amide bonds. The predicted molar refractivity (Wildman–Crippen MR) is 102 cm³/mol. The highest BCUT2D eigenvalue weighted by Crippen LogP contribution is 2.16. The Balaban J connectivity index is 1.37. The van der Waals surface area contributed by atoms with Crippen molar-refractivity contribution in [3.8, 4) is 5.75 Å². The van der Waals surface area contributed by atoms with Gasteiger partial charge in [0.2, 0.25) is 0 Å². The number of rotatable bonds is 7. The van der Waals surface area contributed by atoms with Crippen molar-refractivity contribution in [2.45, 2.75) is 31.9 Å². The average molecular weight is 393 g/mol. The molecule has 1 fully saturated rings. The fourth-order valence-corrected chi connectivity index (χ4v) is 3.81. The summed E-state index contributed by atoms with van der Waals surface area (Å²) in [6, 6.07) is 5.88. The smallest absolute Gasteiger partial charge is 0.263 e. The highest BCUT2D eigenvalue weighted by molar-refractivity contribution is 7.11. The number of nitrogens with zero attached hydrogens (tertiary/aromatic N) is 2. The molecule has 1 atom stereocenters. The molecule has 1 saturated heterocycles. The zero-order valence-corrected chi connectivity index (χ0v) is 16.0. The number of β-amino-alcohol motifs (C(OH)–C–C–N with tert-alkyl or cyclic N) is 1. The number of hydrogen-bond acceptors (Lipinski definition) is 6. The van der Waals surface area contributed by atoms with Crippen molar-refractivity contribution in [3.63, 3.8) is 0 Å². The van der Waals surface area contributed by atoms with Crippen molar-refractivity contribution in [1.82, 2.24) is 15.2 Å². The molecule has 1 aliphatic rings. The molecule has 0 saturated carbocycles. The first-order valence-electron chi connectivity index (χ1n) is 9.01. The standard InChI is InChI=1S/C19H24FN3O3S/c1-13-18(27-12-21-13)19(25)22-15-6-8-23(9-7-15)10-16(24)11-26-17-4-2-14(20)3-5-17/h2-5,12,15-16,24H,6-11H2,1H3,(H,22,25). The third-order valence-corrected chi connectivity index (χ3v) is 5.53. The van der Waals surface area contributed by atoms with E-state index in [2.05, 4.69) is 15.2 Å². The third-order valence-electron chi connectivity index (χ3n) is 4.60. The molecule has 0 bridgehead atoms. The number of aromatic nitrogens is 1. The first-order valence-corrected chi connectivity index (χ1v) is 9.89. The lowest BCUT2D eigenvalue weighted by Crippen LogP contribution is -2.47. The number of thiazole rings is 1. The second-order valence-corrected chi connectivity index (χ2v) is 7.59. The second kappa shape index (κ2) is 9.25. The summed E-state index contributed by atoms with van der Waals surface area (Å²) in [6.45, 7) is 4.12. The number of carbonyl (C=O) groups excluding carboxylic acids is 1. The molecule has 0 radical (unpaired) electrons. The van der Waals surface area contributed by atoms with Crippen LogP contribution < -0.4 is 10.1 Å². The molecule has 1 aromatic carbocycles. The molecule has 2 aromatic rings. The summed E-state index contributed by atoms with van der Waals surface area (Å²) in [5, 5.41) is 13.2. The summed E-state index contributed by atoms with van der Waals surface area (Å²) in [6.07, 6.45) is 1.06. The van der Waals surface area contributed by atoms with Crippen LogP contribution in [-0.2, 0) is 0 Å². The van der Waals surface area contributed by atoms with E-state index in [4.69, 9.17) is 4.74 Å². The number of aliphatic hydroxyl groups excluding tert-OH is 1. The number of aryl methyl sites for hydroxylation is 1. The van der Waals surface area contributed by atoms with Crippen LogP contribution in [0.15, 0.2) is 29.8 Å². The number of carbonyl (C=O) groups is 1. The van der Waals surface area contributed by atoms with Crippen LogP contribution in [0.1, 0.15) is 28.2 Å². The molecular weight excluding hydrogens is 369 g/mol. The molecule has 6 nitrogen and oxygen atoms in total. The molecule has 0 aliphatic carbocycles. The number of ether oxygens (including phenoxy) is 1. The van der Waals surface area contributed by atoms with Gasteiger partial charge >= 0.3 is 0 Å². The first kappa shape index (κ1) is 19.7. The zero-order chi connectivity index (χ0) is 19.2. The van der Waals surface area contributed by atoms with Gasteiger partial charge in [0.1, 0.15) is 29.2 Å². The van der Waals surface area contributed by atoms with E-state index >= 15 is 0 Å². The number of aliphatic hydroxyl groups is 1. The quantitative estimate of drug-likeness (QED) is 0.755. The van der Waals surface area contributed by atoms with Crippen molar-refractivity contribution in [2.75, 3.05) is 26.2 Å². The Kier molecular flexibility index (Phi) is 6.76. The zero-order valence-electron chi connectivity index (χ0n) is 15.2. The maximum atomic E-state index is 12.9. The summed E-state index contributed by atoms with van der Waals surface area (Å²) in [4.78, 5) is 19.2. The van der Waals surface area contributed by atoms with E-state index in [0.717, 1.165) is 31.6 Å². The maximum absolute atomic E-state index is 12.9. The summed E-state index contributed by atoms with van der Waals surface area (Å²) in [7, 11) is 0. The molecule has 1 unspecified atom stereocenters. The van der Waals surface area contributed by atoms with Crippen molar-refractivity contribution in [3.05, 3.63) is 46.2 Å². The first-order chi connectivity index (χ1) is 13.0. The second-order valence-electron chi connectivity index (χ2n) is 6.73. The molecule has 8 heteroatoms. The minimum atomic E-state index is -0.624. The largest absolute Gasteiger partial charge is 0.491 e. The maximum Gasteiger partial charge on any atom is 0.263 e. The number of likely N-dealkylation sites (tertiary alicyclic amines) is 1. The number of hydrogen-bond donors (Lipinski definition) is 2. The lowest BCUT2D eigenvalue weighted by molar-refractivity contribution is 0.0568. The van der Waals surface area contributed by atoms with E-state index in [1.165, 1.54) is 23.5 Å². The Labute approximate surface area is 162 Å². The summed E-state index contributed by atoms with van der Waals surface area (Å²) in [5.41, 5.74) is 2.45. The highest BCUT2D eigenvalue weighted by Gasteiger charge is 2.23. The van der Waals surface area contributed by atoms with Gasteiger partial charge in [-0.05, 0) is 44.0 Å². The van der Waals surface area contributed by atoms with Gasteiger partial charge in [-0.15, -0.1) is 11.3 Å². The van der Waals surface area contributed by atoms with Crippen LogP contribution in [0.3, 0.4) is 0 Å². The van der Waals surface area contributed by atoms with Gasteiger partial charge in [-0.1, -0.05) is 0 Å². The minimum absolute atomic E-state index is 0.0545. The SMILES string of the molecule is Cc1ncsc1C(=O)NC1CCN(CC(O)COc2ccc(F)cc2)CC1. The van der Waals surface area contributed by atoms with E-state index in [9.17, 15) is 14.3 Å². The number of benzene rings is 1. The number of halogens is 1. The van der Waals surface area contributed by atoms with Crippen molar-refractivity contribution < 1.29 is 19.0 Å². The average Bonchev–Trinajstić information content (AvgIpc) is 3.09. The van der Waals surface area contributed by atoms with Crippen molar-refractivity contribution in [2.24, 2.45) is 0 Å². The molecule has 3 rings (SSSR count). The minimum Gasteiger partial charge on any atom is -0.491 e. The van der Waals surface area contributed by atoms with Crippen LogP contribution in [0.4, 0.5) is 4.39 Å². The fraction of sp³-hybridized carbons (Fsp3) is 0.474. The lowest BCUT2D eigenvalue weighted by atomic mass is 10.0. The van der Waals surface area contributed by atoms with Crippen LogP contribution in [0.5, 0.6) is 5.75 Å². The number of nitrogens with one attached hydrogen (secondary N) is 1. The molecule has 2 N–H and O–H groups in total. The van der Waals surface area contributed by atoms with Crippen molar-refractivity contribution >= 4 is 17.2 Å². The third kappa shape index (κ3) is 5.72. The summed E-state index contributed by atoms with van der Waals surface area (Å²) in [5.74, 6) is 0.166. The van der Waals surface area contributed by atoms with E-state index in [1.807, 2.05) is 6.92 Å². The van der Waals surface area contributed by atoms with Crippen LogP contribution in [0.2, 0.25) is 0 Å². The van der Waals surface area contributed by atoms with Gasteiger partial charge in [0.25, 0.3) is 5.91 Å². The van der Waals surface area contributed by atoms with E-state index in [1.54, 1.807) is 17.6 Å². The fourth-order valence-electron chi connectivity index (χ4n) is 3.10. The molecular formula is C19H24FN3O3S. The van der Waals surface area contributed by atoms with Gasteiger partial charge in [-0.3, -0.25) is 4.79 Å². The van der Waals surface area contributed by atoms with Crippen LogP contribution in [0.25, 0.3) is 0 Å². The Morgan fingerprint density at radius 1 is 1.41 bits per heavy atom. The van der Waals surface area contributed by atoms with Crippen molar-refractivity contribution in [1.29, 1.82) is 0 Å². The van der Waals surface area contributed by atoms with Gasteiger partial charge in [0.15, 0.2) is 0 Å². The predicted octanol–water partition coefficient (Wildman–Crippen LogP) is 2.22. The monoisotopic (exact) mass is 393 g/mol. The molecule has 1 aliphatic heterocycles. The highest BCUT2D eigenvalue weighted by atomic mass is 32.1. The normalized spacial score (nSPS) is 16.9. The van der Waals surface area contributed by atoms with Crippen LogP contribution >= 0.6 is 11.3 Å². The van der Waals surface area contributed by atoms with Gasteiger partial charge in [0.05, 0.1) is 11.2 Å². The van der Waals surface area contributed by atoms with Gasteiger partial charge in [-0.2, -0.15) is 0 Å². The molecule has 146 valence electrons. The van der Waals surface area contributed by atoms with E-state index < -0.39 is 6.10 Å². The topological polar surface area (TPSA) is 74.7 Å². The Bertz CT molecular complexity index is 745.